The summed E-state index contributed by atoms with van der Waals surface area (Å²) in [4.78, 5) is 4.12. The first-order chi connectivity index (χ1) is 3.84. The molecule has 3 heteroatoms. The lowest BCUT2D eigenvalue weighted by atomic mass is 10.2. The molecule has 1 rings (SSSR count). The van der Waals surface area contributed by atoms with Crippen LogP contribution in [0.2, 0.25) is 0 Å². The van der Waals surface area contributed by atoms with Crippen molar-refractivity contribution in [3.05, 3.63) is 0 Å². The molecule has 8 heavy (non-hydrogen) atoms. The van der Waals surface area contributed by atoms with Gasteiger partial charge in [-0.2, -0.15) is 12.6 Å². The smallest absolute Gasteiger partial charge is 0.0831 e. The summed E-state index contributed by atoms with van der Waals surface area (Å²) in [7, 11) is 0. The van der Waals surface area contributed by atoms with Crippen LogP contribution in [0.15, 0.2) is 4.99 Å². The molecule has 1 heterocycles. The van der Waals surface area contributed by atoms with Crippen molar-refractivity contribution in [2.75, 3.05) is 5.75 Å². The predicted molar refractivity (Wildman–Crippen MR) is 38.7 cm³/mol. The lowest BCUT2D eigenvalue weighted by molar-refractivity contribution is 0.610. The largest absolute Gasteiger partial charge is 0.372 e. The Morgan fingerprint density at radius 3 is 2.88 bits per heavy atom. The van der Waals surface area contributed by atoms with E-state index in [2.05, 4.69) is 29.9 Å². The van der Waals surface area contributed by atoms with E-state index in [1.807, 2.05) is 0 Å². The number of aliphatic imine (C=N–C) groups is 1. The van der Waals surface area contributed by atoms with Crippen LogP contribution in [-0.2, 0) is 0 Å². The lowest BCUT2D eigenvalue weighted by Crippen LogP contribution is -2.29. The zero-order valence-corrected chi connectivity index (χ0v) is 5.73. The number of hydrogen-bond acceptors (Lipinski definition) is 3. The van der Waals surface area contributed by atoms with Crippen molar-refractivity contribution in [2.24, 2.45) is 4.99 Å². The van der Waals surface area contributed by atoms with Crippen LogP contribution < -0.4 is 5.32 Å². The van der Waals surface area contributed by atoms with Crippen LogP contribution in [-0.4, -0.2) is 24.2 Å². The van der Waals surface area contributed by atoms with Crippen LogP contribution in [0.5, 0.6) is 0 Å². The Kier molecular flexibility index (Phi) is 1.78. The zero-order valence-electron chi connectivity index (χ0n) is 4.83. The second-order valence-corrected chi connectivity index (χ2v) is 2.35. The van der Waals surface area contributed by atoms with Crippen molar-refractivity contribution in [3.8, 4) is 0 Å². The van der Waals surface area contributed by atoms with Gasteiger partial charge in [0.15, 0.2) is 0 Å². The fraction of sp³-hybridized carbons (Fsp3) is 0.800. The Hall–Kier alpha value is -0.180. The molecule has 0 saturated heterocycles. The molecule has 0 bridgehead atoms. The molecule has 2 atom stereocenters. The first-order valence-corrected chi connectivity index (χ1v) is 3.36. The van der Waals surface area contributed by atoms with Gasteiger partial charge in [-0.15, -0.1) is 0 Å². The highest BCUT2D eigenvalue weighted by molar-refractivity contribution is 7.80. The monoisotopic (exact) mass is 130 g/mol. The normalized spacial score (nSPS) is 35.2. The van der Waals surface area contributed by atoms with E-state index in [-0.39, 0.29) is 0 Å². The average molecular weight is 130 g/mol. The molecule has 0 aromatic carbocycles. The van der Waals surface area contributed by atoms with Crippen molar-refractivity contribution in [3.63, 3.8) is 0 Å². The highest BCUT2D eigenvalue weighted by Crippen LogP contribution is 2.03. The minimum Gasteiger partial charge on any atom is -0.372 e. The first-order valence-electron chi connectivity index (χ1n) is 2.73. The third kappa shape index (κ3) is 0.968. The van der Waals surface area contributed by atoms with Crippen molar-refractivity contribution in [2.45, 2.75) is 19.0 Å². The van der Waals surface area contributed by atoms with Crippen LogP contribution >= 0.6 is 12.6 Å². The number of rotatable bonds is 1. The molecule has 2 nitrogen and oxygen atoms in total. The maximum Gasteiger partial charge on any atom is 0.0831 e. The molecule has 0 saturated carbocycles. The highest BCUT2D eigenvalue weighted by Gasteiger charge is 2.16. The third-order valence-electron chi connectivity index (χ3n) is 1.37. The molecule has 0 aromatic rings. The van der Waals surface area contributed by atoms with E-state index in [4.69, 9.17) is 0 Å². The molecule has 46 valence electrons. The van der Waals surface area contributed by atoms with Crippen LogP contribution in [0.4, 0.5) is 0 Å². The summed E-state index contributed by atoms with van der Waals surface area (Å²) >= 11 is 4.12. The topological polar surface area (TPSA) is 24.4 Å². The van der Waals surface area contributed by atoms with Crippen LogP contribution in [0.3, 0.4) is 0 Å². The summed E-state index contributed by atoms with van der Waals surface area (Å²) in [6.07, 6.45) is 1.76. The maximum absolute atomic E-state index is 4.12. The van der Waals surface area contributed by atoms with Gasteiger partial charge in [-0.05, 0) is 6.92 Å². The molecular weight excluding hydrogens is 120 g/mol. The Labute approximate surface area is 54.8 Å². The minimum atomic E-state index is 0.387. The SMILES string of the molecule is CC1NC=NC1CS. The quantitative estimate of drug-likeness (QED) is 0.490. The van der Waals surface area contributed by atoms with Gasteiger partial charge in [0, 0.05) is 11.8 Å². The Bertz CT molecular complexity index is 103. The molecule has 0 fully saturated rings. The van der Waals surface area contributed by atoms with Gasteiger partial charge in [0.05, 0.1) is 12.4 Å². The number of thiol groups is 1. The van der Waals surface area contributed by atoms with E-state index in [0.29, 0.717) is 12.1 Å². The molecule has 0 aromatic heterocycles. The van der Waals surface area contributed by atoms with Gasteiger partial charge in [-0.1, -0.05) is 0 Å². The molecule has 1 N–H and O–H groups in total. The number of nitrogens with zero attached hydrogens (tertiary/aromatic N) is 1. The second-order valence-electron chi connectivity index (χ2n) is 1.98. The summed E-state index contributed by atoms with van der Waals surface area (Å²) in [5.74, 6) is 0.838. The number of nitrogens with one attached hydrogen (secondary N) is 1. The van der Waals surface area contributed by atoms with Gasteiger partial charge in [-0.25, -0.2) is 0 Å². The van der Waals surface area contributed by atoms with E-state index < -0.39 is 0 Å². The summed E-state index contributed by atoms with van der Waals surface area (Å²) in [6, 6.07) is 0.867. The molecule has 1 aliphatic heterocycles. The van der Waals surface area contributed by atoms with Gasteiger partial charge in [-0.3, -0.25) is 4.99 Å². The van der Waals surface area contributed by atoms with Crippen LogP contribution in [0.1, 0.15) is 6.92 Å². The Morgan fingerprint density at radius 1 is 1.88 bits per heavy atom. The van der Waals surface area contributed by atoms with E-state index in [1.165, 1.54) is 0 Å². The van der Waals surface area contributed by atoms with Gasteiger partial charge in [0.1, 0.15) is 0 Å². The van der Waals surface area contributed by atoms with E-state index >= 15 is 0 Å². The minimum absolute atomic E-state index is 0.387. The summed E-state index contributed by atoms with van der Waals surface area (Å²) in [6.45, 7) is 2.11. The molecule has 0 spiro atoms. The molecule has 0 aliphatic carbocycles. The third-order valence-corrected chi connectivity index (χ3v) is 1.74. The van der Waals surface area contributed by atoms with Gasteiger partial charge < -0.3 is 5.32 Å². The predicted octanol–water partition coefficient (Wildman–Crippen LogP) is 0.305. The van der Waals surface area contributed by atoms with Crippen molar-refractivity contribution in [1.29, 1.82) is 0 Å². The van der Waals surface area contributed by atoms with Crippen molar-refractivity contribution in [1.82, 2.24) is 5.32 Å². The number of hydrogen-bond donors (Lipinski definition) is 2. The Balaban J connectivity index is 2.41. The Morgan fingerprint density at radius 2 is 2.62 bits per heavy atom. The van der Waals surface area contributed by atoms with Crippen LogP contribution in [0, 0.1) is 0 Å². The summed E-state index contributed by atoms with van der Waals surface area (Å²) in [5.41, 5.74) is 0. The maximum atomic E-state index is 4.12. The molecule has 2 unspecified atom stereocenters. The van der Waals surface area contributed by atoms with Crippen molar-refractivity contribution < 1.29 is 0 Å². The first kappa shape index (κ1) is 5.95. The molecule has 0 amide bonds. The van der Waals surface area contributed by atoms with Crippen LogP contribution in [0.25, 0.3) is 0 Å². The highest BCUT2D eigenvalue weighted by atomic mass is 32.1. The summed E-state index contributed by atoms with van der Waals surface area (Å²) < 4.78 is 0. The van der Waals surface area contributed by atoms with E-state index in [1.54, 1.807) is 6.34 Å². The fourth-order valence-corrected chi connectivity index (χ4v) is 1.11. The van der Waals surface area contributed by atoms with Gasteiger partial charge >= 0.3 is 0 Å². The zero-order chi connectivity index (χ0) is 5.98. The molecule has 0 radical (unpaired) electrons. The van der Waals surface area contributed by atoms with Gasteiger partial charge in [0.25, 0.3) is 0 Å². The van der Waals surface area contributed by atoms with Crippen molar-refractivity contribution >= 4 is 19.0 Å². The van der Waals surface area contributed by atoms with E-state index in [0.717, 1.165) is 5.75 Å². The molecular formula is C5H10N2S. The lowest BCUT2D eigenvalue weighted by Gasteiger charge is -2.08. The molecule has 1 aliphatic rings. The summed E-state index contributed by atoms with van der Waals surface area (Å²) in [5, 5.41) is 3.08. The standard InChI is InChI=1S/C5H10N2S/c1-4-5(2-8)7-3-6-4/h3-5,8H,2H2,1H3,(H,6,7). The van der Waals surface area contributed by atoms with E-state index in [9.17, 15) is 0 Å². The fourth-order valence-electron chi connectivity index (χ4n) is 0.702. The average Bonchev–Trinajstić information content (AvgIpc) is 2.14. The second kappa shape index (κ2) is 2.40. The van der Waals surface area contributed by atoms with Gasteiger partial charge in [0.2, 0.25) is 0 Å².